The Labute approximate surface area is 103 Å². The van der Waals surface area contributed by atoms with Crippen molar-refractivity contribution in [3.05, 3.63) is 50.5 Å². The molecule has 0 saturated heterocycles. The average Bonchev–Trinajstić information content (AvgIpc) is 2.19. The standard InChI is InChI=1S/C10H10Cl2N2O2/c1-7(11)5-13-6-8-2-3-9(12)4-10(8)14(15)16/h2-4,13H,1,5-6H2. The van der Waals surface area contributed by atoms with Gasteiger partial charge in [0.15, 0.2) is 0 Å². The second-order valence-electron chi connectivity index (χ2n) is 3.15. The first-order valence-electron chi connectivity index (χ1n) is 4.47. The minimum Gasteiger partial charge on any atom is -0.307 e. The highest BCUT2D eigenvalue weighted by atomic mass is 35.5. The molecule has 0 amide bonds. The van der Waals surface area contributed by atoms with Gasteiger partial charge in [0.2, 0.25) is 0 Å². The highest BCUT2D eigenvalue weighted by Gasteiger charge is 2.13. The Bertz CT molecular complexity index is 421. The van der Waals surface area contributed by atoms with Crippen LogP contribution in [0.4, 0.5) is 5.69 Å². The van der Waals surface area contributed by atoms with Crippen molar-refractivity contribution in [1.29, 1.82) is 0 Å². The Hall–Kier alpha value is -1.10. The van der Waals surface area contributed by atoms with E-state index in [4.69, 9.17) is 23.2 Å². The van der Waals surface area contributed by atoms with Crippen molar-refractivity contribution in [3.63, 3.8) is 0 Å². The van der Waals surface area contributed by atoms with E-state index in [0.29, 0.717) is 28.7 Å². The molecule has 0 radical (unpaired) electrons. The zero-order chi connectivity index (χ0) is 12.1. The van der Waals surface area contributed by atoms with Gasteiger partial charge in [-0.15, -0.1) is 0 Å². The van der Waals surface area contributed by atoms with Crippen LogP contribution in [-0.4, -0.2) is 11.5 Å². The smallest absolute Gasteiger partial charge is 0.275 e. The summed E-state index contributed by atoms with van der Waals surface area (Å²) < 4.78 is 0. The molecule has 0 saturated carbocycles. The predicted molar refractivity (Wildman–Crippen MR) is 64.8 cm³/mol. The zero-order valence-corrected chi connectivity index (χ0v) is 9.88. The second kappa shape index (κ2) is 5.84. The number of nitro groups is 1. The van der Waals surface area contributed by atoms with E-state index in [1.54, 1.807) is 12.1 Å². The molecule has 0 aliphatic carbocycles. The number of rotatable bonds is 5. The summed E-state index contributed by atoms with van der Waals surface area (Å²) >= 11 is 11.2. The Morgan fingerprint density at radius 2 is 2.25 bits per heavy atom. The van der Waals surface area contributed by atoms with Crippen LogP contribution < -0.4 is 5.32 Å². The number of nitrogens with one attached hydrogen (secondary N) is 1. The van der Waals surface area contributed by atoms with Crippen molar-refractivity contribution in [2.45, 2.75) is 6.54 Å². The monoisotopic (exact) mass is 260 g/mol. The van der Waals surface area contributed by atoms with E-state index in [-0.39, 0.29) is 5.69 Å². The van der Waals surface area contributed by atoms with E-state index in [0.717, 1.165) is 0 Å². The summed E-state index contributed by atoms with van der Waals surface area (Å²) in [6.07, 6.45) is 0. The van der Waals surface area contributed by atoms with Crippen molar-refractivity contribution < 1.29 is 4.92 Å². The molecule has 86 valence electrons. The van der Waals surface area contributed by atoms with Crippen LogP contribution in [0.2, 0.25) is 5.02 Å². The highest BCUT2D eigenvalue weighted by Crippen LogP contribution is 2.22. The number of hydrogen-bond donors (Lipinski definition) is 1. The lowest BCUT2D eigenvalue weighted by Crippen LogP contribution is -2.15. The van der Waals surface area contributed by atoms with Crippen LogP contribution in [0, 0.1) is 10.1 Å². The highest BCUT2D eigenvalue weighted by molar-refractivity contribution is 6.30. The Balaban J connectivity index is 2.78. The molecule has 0 heterocycles. The molecule has 1 aromatic carbocycles. The summed E-state index contributed by atoms with van der Waals surface area (Å²) in [5, 5.41) is 14.5. The van der Waals surface area contributed by atoms with Gasteiger partial charge in [0.25, 0.3) is 5.69 Å². The molecule has 1 N–H and O–H groups in total. The van der Waals surface area contributed by atoms with E-state index < -0.39 is 4.92 Å². The van der Waals surface area contributed by atoms with Crippen LogP contribution in [0.25, 0.3) is 0 Å². The second-order valence-corrected chi connectivity index (χ2v) is 4.12. The van der Waals surface area contributed by atoms with Crippen LogP contribution in [-0.2, 0) is 6.54 Å². The molecule has 0 fully saturated rings. The zero-order valence-electron chi connectivity index (χ0n) is 8.37. The summed E-state index contributed by atoms with van der Waals surface area (Å²) in [5.74, 6) is 0. The summed E-state index contributed by atoms with van der Waals surface area (Å²) in [5.41, 5.74) is 0.563. The van der Waals surface area contributed by atoms with Gasteiger partial charge in [-0.25, -0.2) is 0 Å². The van der Waals surface area contributed by atoms with Gasteiger partial charge in [-0.2, -0.15) is 0 Å². The molecule has 16 heavy (non-hydrogen) atoms. The number of benzene rings is 1. The van der Waals surface area contributed by atoms with Gasteiger partial charge in [0.05, 0.1) is 4.92 Å². The fourth-order valence-corrected chi connectivity index (χ4v) is 1.45. The van der Waals surface area contributed by atoms with Crippen molar-refractivity contribution in [2.24, 2.45) is 0 Å². The van der Waals surface area contributed by atoms with Gasteiger partial charge < -0.3 is 5.32 Å². The lowest BCUT2D eigenvalue weighted by Gasteiger charge is -2.04. The van der Waals surface area contributed by atoms with Gasteiger partial charge >= 0.3 is 0 Å². The normalized spacial score (nSPS) is 10.1. The Morgan fingerprint density at radius 3 is 2.81 bits per heavy atom. The lowest BCUT2D eigenvalue weighted by atomic mass is 10.2. The maximum atomic E-state index is 10.7. The molecular formula is C10H10Cl2N2O2. The molecule has 0 spiro atoms. The van der Waals surface area contributed by atoms with Gasteiger partial charge in [-0.3, -0.25) is 10.1 Å². The lowest BCUT2D eigenvalue weighted by molar-refractivity contribution is -0.385. The molecular weight excluding hydrogens is 251 g/mol. The van der Waals surface area contributed by atoms with E-state index in [9.17, 15) is 10.1 Å². The van der Waals surface area contributed by atoms with Crippen LogP contribution in [0.1, 0.15) is 5.56 Å². The van der Waals surface area contributed by atoms with Crippen molar-refractivity contribution >= 4 is 28.9 Å². The van der Waals surface area contributed by atoms with E-state index in [1.807, 2.05) is 0 Å². The third kappa shape index (κ3) is 3.81. The van der Waals surface area contributed by atoms with E-state index in [2.05, 4.69) is 11.9 Å². The number of halogens is 2. The molecule has 6 heteroatoms. The summed E-state index contributed by atoms with van der Waals surface area (Å²) in [7, 11) is 0. The van der Waals surface area contributed by atoms with E-state index in [1.165, 1.54) is 6.07 Å². The third-order valence-electron chi connectivity index (χ3n) is 1.88. The SMILES string of the molecule is C=C(Cl)CNCc1ccc(Cl)cc1[N+](=O)[O-]. The molecule has 0 atom stereocenters. The Kier molecular flexibility index (Phi) is 4.73. The maximum Gasteiger partial charge on any atom is 0.275 e. The molecule has 0 bridgehead atoms. The number of nitrogens with zero attached hydrogens (tertiary/aromatic N) is 1. The number of hydrogen-bond acceptors (Lipinski definition) is 3. The summed E-state index contributed by atoms with van der Waals surface area (Å²) in [6.45, 7) is 4.26. The molecule has 0 aliphatic heterocycles. The topological polar surface area (TPSA) is 55.2 Å². The van der Waals surface area contributed by atoms with Gasteiger partial charge in [-0.1, -0.05) is 29.8 Å². The minimum atomic E-state index is -0.460. The number of nitro benzene ring substituents is 1. The predicted octanol–water partition coefficient (Wildman–Crippen LogP) is 3.09. The van der Waals surface area contributed by atoms with Gasteiger partial charge in [0, 0.05) is 34.8 Å². The average molecular weight is 261 g/mol. The van der Waals surface area contributed by atoms with Crippen LogP contribution in [0.15, 0.2) is 29.8 Å². The van der Waals surface area contributed by atoms with Gasteiger partial charge in [0.1, 0.15) is 0 Å². The maximum absolute atomic E-state index is 10.7. The first-order valence-corrected chi connectivity index (χ1v) is 5.23. The first-order chi connectivity index (χ1) is 7.50. The van der Waals surface area contributed by atoms with Crippen molar-refractivity contribution in [2.75, 3.05) is 6.54 Å². The van der Waals surface area contributed by atoms with Crippen molar-refractivity contribution in [1.82, 2.24) is 5.32 Å². The molecule has 1 aromatic rings. The minimum absolute atomic E-state index is 0.000171. The fourth-order valence-electron chi connectivity index (χ4n) is 1.19. The molecule has 0 unspecified atom stereocenters. The summed E-state index contributed by atoms with van der Waals surface area (Å²) in [6, 6.07) is 4.56. The van der Waals surface area contributed by atoms with E-state index >= 15 is 0 Å². The van der Waals surface area contributed by atoms with Gasteiger partial charge in [-0.05, 0) is 12.1 Å². The first kappa shape index (κ1) is 13.0. The molecule has 0 aliphatic rings. The molecule has 0 aromatic heterocycles. The quantitative estimate of drug-likeness (QED) is 0.654. The molecule has 4 nitrogen and oxygen atoms in total. The van der Waals surface area contributed by atoms with Crippen LogP contribution in [0.5, 0.6) is 0 Å². The summed E-state index contributed by atoms with van der Waals surface area (Å²) in [4.78, 5) is 10.3. The Morgan fingerprint density at radius 1 is 1.56 bits per heavy atom. The van der Waals surface area contributed by atoms with Crippen LogP contribution >= 0.6 is 23.2 Å². The molecule has 1 rings (SSSR count). The van der Waals surface area contributed by atoms with Crippen LogP contribution in [0.3, 0.4) is 0 Å². The third-order valence-corrected chi connectivity index (χ3v) is 2.25. The van der Waals surface area contributed by atoms with Crippen molar-refractivity contribution in [3.8, 4) is 0 Å². The largest absolute Gasteiger partial charge is 0.307 e. The fraction of sp³-hybridized carbons (Fsp3) is 0.200.